The molecule has 2 N–H and O–H groups in total. The monoisotopic (exact) mass is 247 g/mol. The van der Waals surface area contributed by atoms with Gasteiger partial charge in [0.15, 0.2) is 5.82 Å². The second-order valence-electron chi connectivity index (χ2n) is 4.47. The molecule has 1 unspecified atom stereocenters. The highest BCUT2D eigenvalue weighted by atomic mass is 32.1. The summed E-state index contributed by atoms with van der Waals surface area (Å²) in [6.07, 6.45) is 0.791. The van der Waals surface area contributed by atoms with E-state index in [2.05, 4.69) is 27.7 Å². The first-order valence-corrected chi connectivity index (χ1v) is 6.64. The van der Waals surface area contributed by atoms with Gasteiger partial charge >= 0.3 is 0 Å². The lowest BCUT2D eigenvalue weighted by atomic mass is 10.1. The smallest absolute Gasteiger partial charge is 0.160 e. The van der Waals surface area contributed by atoms with Gasteiger partial charge in [-0.15, -0.1) is 0 Å². The molecule has 0 aromatic carbocycles. The van der Waals surface area contributed by atoms with Crippen LogP contribution in [-0.4, -0.2) is 16.0 Å². The molecule has 0 aliphatic rings. The number of nitrogens with two attached hydrogens (primary N) is 1. The van der Waals surface area contributed by atoms with E-state index in [9.17, 15) is 0 Å². The topological polar surface area (TPSA) is 51.8 Å². The van der Waals surface area contributed by atoms with Crippen LogP contribution in [0.2, 0.25) is 0 Å². The minimum absolute atomic E-state index is 0.126. The summed E-state index contributed by atoms with van der Waals surface area (Å²) in [6.45, 7) is 6.08. The van der Waals surface area contributed by atoms with E-state index in [1.807, 2.05) is 19.9 Å². The number of thiophene rings is 1. The van der Waals surface area contributed by atoms with E-state index in [1.54, 1.807) is 11.3 Å². The summed E-state index contributed by atoms with van der Waals surface area (Å²) >= 11 is 1.68. The Hall–Kier alpha value is -1.26. The molecular formula is C13H17N3S. The lowest BCUT2D eigenvalue weighted by Crippen LogP contribution is -2.19. The molecule has 1 atom stereocenters. The van der Waals surface area contributed by atoms with Crippen LogP contribution in [0.5, 0.6) is 0 Å². The standard InChI is InChI=1S/C13H17N3S/c1-8-6-17-7-12(8)13-15-10(3)5-11(16-13)4-9(2)14/h5-7,9H,4,14H2,1-3H3. The molecule has 0 radical (unpaired) electrons. The first-order chi connectivity index (χ1) is 8.06. The second kappa shape index (κ2) is 4.94. The Kier molecular flexibility index (Phi) is 3.54. The van der Waals surface area contributed by atoms with Gasteiger partial charge in [0.2, 0.25) is 0 Å². The number of nitrogens with zero attached hydrogens (tertiary/aromatic N) is 2. The summed E-state index contributed by atoms with van der Waals surface area (Å²) in [6, 6.07) is 2.13. The lowest BCUT2D eigenvalue weighted by Gasteiger charge is -2.07. The van der Waals surface area contributed by atoms with Crippen LogP contribution in [0.1, 0.15) is 23.9 Å². The average molecular weight is 247 g/mol. The Labute approximate surface area is 106 Å². The van der Waals surface area contributed by atoms with Crippen molar-refractivity contribution in [3.8, 4) is 11.4 Å². The van der Waals surface area contributed by atoms with Crippen LogP contribution in [0, 0.1) is 13.8 Å². The normalized spacial score (nSPS) is 12.7. The van der Waals surface area contributed by atoms with Crippen LogP contribution in [-0.2, 0) is 6.42 Å². The molecule has 0 aliphatic heterocycles. The maximum Gasteiger partial charge on any atom is 0.160 e. The Balaban J connectivity index is 2.42. The fourth-order valence-corrected chi connectivity index (χ4v) is 2.60. The van der Waals surface area contributed by atoms with Crippen LogP contribution in [0.4, 0.5) is 0 Å². The molecule has 0 aliphatic carbocycles. The highest BCUT2D eigenvalue weighted by molar-refractivity contribution is 7.08. The Morgan fingerprint density at radius 3 is 2.65 bits per heavy atom. The summed E-state index contributed by atoms with van der Waals surface area (Å²) in [5, 5.41) is 4.21. The third-order valence-electron chi connectivity index (χ3n) is 2.53. The molecular weight excluding hydrogens is 230 g/mol. The van der Waals surface area contributed by atoms with Crippen molar-refractivity contribution in [2.24, 2.45) is 5.73 Å². The summed E-state index contributed by atoms with van der Waals surface area (Å²) in [5.74, 6) is 0.819. The van der Waals surface area contributed by atoms with E-state index in [4.69, 9.17) is 5.73 Å². The van der Waals surface area contributed by atoms with Gasteiger partial charge in [-0.25, -0.2) is 9.97 Å². The molecule has 2 rings (SSSR count). The van der Waals surface area contributed by atoms with Crippen molar-refractivity contribution < 1.29 is 0 Å². The zero-order valence-corrected chi connectivity index (χ0v) is 11.2. The molecule has 0 saturated heterocycles. The van der Waals surface area contributed by atoms with Gasteiger partial charge in [-0.1, -0.05) is 0 Å². The molecule has 17 heavy (non-hydrogen) atoms. The third-order valence-corrected chi connectivity index (χ3v) is 3.40. The molecule has 4 heteroatoms. The SMILES string of the molecule is Cc1cc(CC(C)N)nc(-c2cscc2C)n1. The van der Waals surface area contributed by atoms with Crippen molar-refractivity contribution in [1.82, 2.24) is 9.97 Å². The number of hydrogen-bond donors (Lipinski definition) is 1. The van der Waals surface area contributed by atoms with Crippen molar-refractivity contribution in [3.63, 3.8) is 0 Å². The fraction of sp³-hybridized carbons (Fsp3) is 0.385. The van der Waals surface area contributed by atoms with E-state index in [-0.39, 0.29) is 6.04 Å². The van der Waals surface area contributed by atoms with Crippen molar-refractivity contribution >= 4 is 11.3 Å². The average Bonchev–Trinajstić information content (AvgIpc) is 2.62. The second-order valence-corrected chi connectivity index (χ2v) is 5.22. The van der Waals surface area contributed by atoms with E-state index in [0.29, 0.717) is 0 Å². The minimum atomic E-state index is 0.126. The van der Waals surface area contributed by atoms with E-state index < -0.39 is 0 Å². The van der Waals surface area contributed by atoms with E-state index >= 15 is 0 Å². The van der Waals surface area contributed by atoms with Gasteiger partial charge in [0.25, 0.3) is 0 Å². The quantitative estimate of drug-likeness (QED) is 0.907. The number of aromatic nitrogens is 2. The van der Waals surface area contributed by atoms with Crippen LogP contribution in [0.3, 0.4) is 0 Å². The molecule has 0 spiro atoms. The van der Waals surface area contributed by atoms with Gasteiger partial charge < -0.3 is 5.73 Å². The third kappa shape index (κ3) is 2.90. The van der Waals surface area contributed by atoms with E-state index in [1.165, 1.54) is 5.56 Å². The first-order valence-electron chi connectivity index (χ1n) is 5.69. The molecule has 3 nitrogen and oxygen atoms in total. The molecule has 2 aromatic heterocycles. The molecule has 0 fully saturated rings. The fourth-order valence-electron chi connectivity index (χ4n) is 1.78. The molecule has 2 heterocycles. The number of hydrogen-bond acceptors (Lipinski definition) is 4. The Morgan fingerprint density at radius 2 is 2.06 bits per heavy atom. The van der Waals surface area contributed by atoms with Crippen molar-refractivity contribution in [2.45, 2.75) is 33.2 Å². The van der Waals surface area contributed by atoms with Gasteiger partial charge in [0, 0.05) is 34.8 Å². The predicted octanol–water partition coefficient (Wildman–Crippen LogP) is 2.71. The first kappa shape index (κ1) is 12.2. The minimum Gasteiger partial charge on any atom is -0.328 e. The molecule has 2 aromatic rings. The van der Waals surface area contributed by atoms with Crippen molar-refractivity contribution in [2.75, 3.05) is 0 Å². The van der Waals surface area contributed by atoms with Crippen LogP contribution < -0.4 is 5.73 Å². The lowest BCUT2D eigenvalue weighted by molar-refractivity contribution is 0.719. The summed E-state index contributed by atoms with van der Waals surface area (Å²) in [7, 11) is 0. The largest absolute Gasteiger partial charge is 0.328 e. The van der Waals surface area contributed by atoms with Crippen molar-refractivity contribution in [1.29, 1.82) is 0 Å². The van der Waals surface area contributed by atoms with Crippen molar-refractivity contribution in [3.05, 3.63) is 33.8 Å². The Morgan fingerprint density at radius 1 is 1.29 bits per heavy atom. The zero-order valence-electron chi connectivity index (χ0n) is 10.4. The van der Waals surface area contributed by atoms with Gasteiger partial charge in [-0.05, 0) is 37.8 Å². The maximum atomic E-state index is 5.81. The molecule has 90 valence electrons. The molecule has 0 saturated carbocycles. The molecule has 0 bridgehead atoms. The number of aryl methyl sites for hydroxylation is 2. The predicted molar refractivity (Wildman–Crippen MR) is 72.2 cm³/mol. The van der Waals surface area contributed by atoms with Gasteiger partial charge in [-0.3, -0.25) is 0 Å². The van der Waals surface area contributed by atoms with Crippen LogP contribution in [0.25, 0.3) is 11.4 Å². The van der Waals surface area contributed by atoms with Gasteiger partial charge in [-0.2, -0.15) is 11.3 Å². The zero-order chi connectivity index (χ0) is 12.4. The molecule has 0 amide bonds. The summed E-state index contributed by atoms with van der Waals surface area (Å²) in [4.78, 5) is 9.09. The summed E-state index contributed by atoms with van der Waals surface area (Å²) in [5.41, 5.74) is 10.2. The van der Waals surface area contributed by atoms with Gasteiger partial charge in [0.05, 0.1) is 0 Å². The summed E-state index contributed by atoms with van der Waals surface area (Å²) < 4.78 is 0. The highest BCUT2D eigenvalue weighted by Gasteiger charge is 2.09. The maximum absolute atomic E-state index is 5.81. The van der Waals surface area contributed by atoms with E-state index in [0.717, 1.165) is 29.2 Å². The highest BCUT2D eigenvalue weighted by Crippen LogP contribution is 2.24. The van der Waals surface area contributed by atoms with Crippen LogP contribution in [0.15, 0.2) is 16.8 Å². The Bertz CT molecular complexity index is 517. The van der Waals surface area contributed by atoms with Gasteiger partial charge in [0.1, 0.15) is 0 Å². The van der Waals surface area contributed by atoms with Crippen LogP contribution >= 0.6 is 11.3 Å². The number of rotatable bonds is 3.